The second-order valence-corrected chi connectivity index (χ2v) is 16.6. The Kier molecular flexibility index (Phi) is 14.2. The molecule has 9 atom stereocenters. The fraction of sp³-hybridized carbons (Fsp3) is 0.288. The van der Waals surface area contributed by atoms with Crippen molar-refractivity contribution in [3.63, 3.8) is 0 Å². The summed E-state index contributed by atoms with van der Waals surface area (Å²) in [5.41, 5.74) is 4.93. The Morgan fingerprint density at radius 2 is 1.21 bits per heavy atom. The summed E-state index contributed by atoms with van der Waals surface area (Å²) in [6, 6.07) is 38.9. The summed E-state index contributed by atoms with van der Waals surface area (Å²) >= 11 is 0. The van der Waals surface area contributed by atoms with E-state index < -0.39 is 83.1 Å². The van der Waals surface area contributed by atoms with Gasteiger partial charge in [0, 0.05) is 18.9 Å². The van der Waals surface area contributed by atoms with Gasteiger partial charge in [-0.25, -0.2) is 0 Å². The van der Waals surface area contributed by atoms with Crippen LogP contribution in [0.2, 0.25) is 0 Å². The number of pyridine rings is 1. The Balaban J connectivity index is 1.22. The molecule has 2 fully saturated rings. The van der Waals surface area contributed by atoms with Crippen LogP contribution in [0.15, 0.2) is 140 Å². The van der Waals surface area contributed by atoms with Crippen LogP contribution in [0.4, 0.5) is 0 Å². The highest BCUT2D eigenvalue weighted by molar-refractivity contribution is 5.98. The SMILES string of the molecule is CC(CC(C(=O)NCc1ccc(C=Cc2ccncc2)cc1)C(C(=O)O)C(CC1C(=O)OC(=O)C1C(CC1C(=O)OC(=O)C1C)c1ccccc1)c1ccccc1)c1ccccc1. The average molecular weight is 847 g/mol. The van der Waals surface area contributed by atoms with Crippen molar-refractivity contribution in [2.24, 2.45) is 35.5 Å². The number of rotatable bonds is 18. The molecule has 0 saturated carbocycles. The van der Waals surface area contributed by atoms with Crippen molar-refractivity contribution in [3.05, 3.63) is 173 Å². The predicted molar refractivity (Wildman–Crippen MR) is 235 cm³/mol. The molecule has 0 spiro atoms. The van der Waals surface area contributed by atoms with E-state index in [0.29, 0.717) is 11.1 Å². The third kappa shape index (κ3) is 10.5. The molecule has 0 radical (unpaired) electrons. The zero-order valence-corrected chi connectivity index (χ0v) is 35.1. The topological polar surface area (TPSA) is 166 Å². The summed E-state index contributed by atoms with van der Waals surface area (Å²) in [4.78, 5) is 85.9. The fourth-order valence-electron chi connectivity index (χ4n) is 9.18. The lowest BCUT2D eigenvalue weighted by molar-refractivity contribution is -0.156. The minimum Gasteiger partial charge on any atom is -0.481 e. The maximum Gasteiger partial charge on any atom is 0.318 e. The molecule has 11 nitrogen and oxygen atoms in total. The number of aromatic nitrogens is 1. The molecule has 1 amide bonds. The number of amides is 1. The van der Waals surface area contributed by atoms with Gasteiger partial charge in [-0.2, -0.15) is 0 Å². The molecule has 0 bridgehead atoms. The highest BCUT2D eigenvalue weighted by Crippen LogP contribution is 2.48. The van der Waals surface area contributed by atoms with E-state index in [1.54, 1.807) is 80.0 Å². The van der Waals surface area contributed by atoms with Gasteiger partial charge in [0.1, 0.15) is 0 Å². The number of hydrogen-bond acceptors (Lipinski definition) is 9. The Bertz CT molecular complexity index is 2420. The first-order valence-electron chi connectivity index (χ1n) is 21.3. The third-order valence-electron chi connectivity index (χ3n) is 12.7. The van der Waals surface area contributed by atoms with E-state index >= 15 is 0 Å². The smallest absolute Gasteiger partial charge is 0.318 e. The van der Waals surface area contributed by atoms with Crippen LogP contribution >= 0.6 is 0 Å². The van der Waals surface area contributed by atoms with Crippen molar-refractivity contribution in [1.82, 2.24) is 10.3 Å². The molecular weight excluding hydrogens is 797 g/mol. The third-order valence-corrected chi connectivity index (χ3v) is 12.7. The lowest BCUT2D eigenvalue weighted by Crippen LogP contribution is -2.42. The number of nitrogens with zero attached hydrogens (tertiary/aromatic N) is 1. The van der Waals surface area contributed by atoms with Crippen molar-refractivity contribution in [3.8, 4) is 0 Å². The molecule has 11 heteroatoms. The molecule has 2 aliphatic rings. The number of carboxylic acid groups (broad SMARTS) is 1. The Hall–Kier alpha value is -7.01. The molecule has 63 heavy (non-hydrogen) atoms. The van der Waals surface area contributed by atoms with E-state index in [9.17, 15) is 33.9 Å². The number of esters is 4. The summed E-state index contributed by atoms with van der Waals surface area (Å²) in [6.45, 7) is 3.69. The quantitative estimate of drug-likeness (QED) is 0.0646. The lowest BCUT2D eigenvalue weighted by atomic mass is 9.66. The van der Waals surface area contributed by atoms with Crippen LogP contribution in [0.5, 0.6) is 0 Å². The summed E-state index contributed by atoms with van der Waals surface area (Å²) in [5, 5.41) is 14.4. The van der Waals surface area contributed by atoms with Crippen molar-refractivity contribution >= 4 is 47.9 Å². The number of cyclic esters (lactones) is 4. The first kappa shape index (κ1) is 44.1. The van der Waals surface area contributed by atoms with Gasteiger partial charge in [-0.1, -0.05) is 141 Å². The standard InChI is InChI=1S/C52H50N2O9/c1-32(37-12-6-3-7-13-37)28-43(47(55)54-31-36-22-20-34(21-23-36)18-19-35-24-26-53-27-25-35)45(48(56)57)41(38-14-8-4-9-15-38)30-44-46(52(61)63-51(44)60)42(39-16-10-5-11-17-39)29-40-33(2)49(58)62-50(40)59/h3-27,32-33,40-46H,28-31H2,1-2H3,(H,54,55)(H,56,57). The first-order valence-corrected chi connectivity index (χ1v) is 21.3. The number of nitrogens with one attached hydrogen (secondary N) is 1. The number of hydrogen-bond donors (Lipinski definition) is 2. The molecule has 1 aromatic heterocycles. The molecule has 2 saturated heterocycles. The normalized spacial score (nSPS) is 21.0. The largest absolute Gasteiger partial charge is 0.481 e. The second-order valence-electron chi connectivity index (χ2n) is 16.6. The van der Waals surface area contributed by atoms with Crippen molar-refractivity contribution in [2.45, 2.75) is 57.4 Å². The number of aliphatic carboxylic acids is 1. The van der Waals surface area contributed by atoms with Gasteiger partial charge >= 0.3 is 29.8 Å². The maximum atomic E-state index is 14.7. The van der Waals surface area contributed by atoms with E-state index in [1.165, 1.54) is 0 Å². The van der Waals surface area contributed by atoms with Crippen LogP contribution < -0.4 is 5.32 Å². The van der Waals surface area contributed by atoms with E-state index in [4.69, 9.17) is 9.47 Å². The van der Waals surface area contributed by atoms with Crippen LogP contribution in [-0.4, -0.2) is 45.8 Å². The van der Waals surface area contributed by atoms with Crippen LogP contribution in [0, 0.1) is 35.5 Å². The molecule has 2 N–H and O–H groups in total. The van der Waals surface area contributed by atoms with Gasteiger partial charge in [0.15, 0.2) is 0 Å². The van der Waals surface area contributed by atoms with E-state index in [1.807, 2.05) is 85.8 Å². The molecule has 322 valence electrons. The molecule has 2 aliphatic heterocycles. The number of carboxylic acids is 1. The van der Waals surface area contributed by atoms with Gasteiger partial charge in [0.2, 0.25) is 5.91 Å². The monoisotopic (exact) mass is 846 g/mol. The Labute approximate surface area is 366 Å². The van der Waals surface area contributed by atoms with Gasteiger partial charge in [-0.05, 0) is 82.5 Å². The highest BCUT2D eigenvalue weighted by Gasteiger charge is 2.54. The number of ether oxygens (including phenoxy) is 2. The van der Waals surface area contributed by atoms with Gasteiger partial charge in [0.25, 0.3) is 0 Å². The zero-order chi connectivity index (χ0) is 44.5. The number of benzene rings is 4. The van der Waals surface area contributed by atoms with Gasteiger partial charge < -0.3 is 19.9 Å². The minimum absolute atomic E-state index is 0.0132. The zero-order valence-electron chi connectivity index (χ0n) is 35.1. The van der Waals surface area contributed by atoms with Crippen LogP contribution in [0.25, 0.3) is 12.2 Å². The van der Waals surface area contributed by atoms with E-state index in [2.05, 4.69) is 10.3 Å². The Morgan fingerprint density at radius 1 is 0.667 bits per heavy atom. The predicted octanol–water partition coefficient (Wildman–Crippen LogP) is 8.38. The highest BCUT2D eigenvalue weighted by atomic mass is 16.6. The molecule has 0 aliphatic carbocycles. The van der Waals surface area contributed by atoms with Crippen LogP contribution in [-0.2, 0) is 44.8 Å². The molecule has 3 heterocycles. The maximum absolute atomic E-state index is 14.7. The van der Waals surface area contributed by atoms with E-state index in [0.717, 1.165) is 22.3 Å². The second kappa shape index (κ2) is 20.2. The van der Waals surface area contributed by atoms with Gasteiger partial charge in [0.05, 0.1) is 35.5 Å². The molecule has 5 aromatic rings. The number of carbonyl (C=O) groups is 6. The number of carbonyl (C=O) groups excluding carboxylic acids is 5. The Morgan fingerprint density at radius 3 is 1.78 bits per heavy atom. The molecule has 9 unspecified atom stereocenters. The molecular formula is C52H50N2O9. The fourth-order valence-corrected chi connectivity index (χ4v) is 9.18. The van der Waals surface area contributed by atoms with Crippen molar-refractivity contribution in [2.75, 3.05) is 0 Å². The van der Waals surface area contributed by atoms with Crippen molar-refractivity contribution in [1.29, 1.82) is 0 Å². The van der Waals surface area contributed by atoms with E-state index in [-0.39, 0.29) is 31.7 Å². The molecule has 4 aromatic carbocycles. The van der Waals surface area contributed by atoms with Crippen LogP contribution in [0.3, 0.4) is 0 Å². The molecule has 7 rings (SSSR count). The summed E-state index contributed by atoms with van der Waals surface area (Å²) in [5.74, 6) is -13.0. The summed E-state index contributed by atoms with van der Waals surface area (Å²) in [6.07, 6.45) is 7.42. The van der Waals surface area contributed by atoms with Crippen molar-refractivity contribution < 1.29 is 43.3 Å². The summed E-state index contributed by atoms with van der Waals surface area (Å²) in [7, 11) is 0. The lowest BCUT2D eigenvalue weighted by Gasteiger charge is -2.34. The minimum atomic E-state index is -1.36. The van der Waals surface area contributed by atoms with Gasteiger partial charge in [-0.15, -0.1) is 0 Å². The average Bonchev–Trinajstić information content (AvgIpc) is 3.72. The first-order chi connectivity index (χ1) is 30.5. The van der Waals surface area contributed by atoms with Gasteiger partial charge in [-0.3, -0.25) is 33.8 Å². The van der Waals surface area contributed by atoms with Crippen LogP contribution in [0.1, 0.15) is 84.2 Å². The summed E-state index contributed by atoms with van der Waals surface area (Å²) < 4.78 is 10.3.